The molecule has 5 heteroatoms. The lowest BCUT2D eigenvalue weighted by Gasteiger charge is -2.27. The highest BCUT2D eigenvalue weighted by Gasteiger charge is 2.38. The molecule has 1 aliphatic carbocycles. The Bertz CT molecular complexity index is 943. The summed E-state index contributed by atoms with van der Waals surface area (Å²) >= 11 is 0. The predicted octanol–water partition coefficient (Wildman–Crippen LogP) is 3.40. The monoisotopic (exact) mass is 365 g/mol. The summed E-state index contributed by atoms with van der Waals surface area (Å²) in [6.45, 7) is 0. The molecule has 0 saturated heterocycles. The Morgan fingerprint density at radius 3 is 2.22 bits per heavy atom. The number of halogens is 2. The number of anilines is 1. The van der Waals surface area contributed by atoms with E-state index in [0.29, 0.717) is 17.1 Å². The van der Waals surface area contributed by atoms with E-state index in [1.807, 2.05) is 6.08 Å². The fraction of sp³-hybridized carbons (Fsp3) is 0.182. The average Bonchev–Trinajstić information content (AvgIpc) is 3.01. The van der Waals surface area contributed by atoms with E-state index in [2.05, 4.69) is 17.1 Å². The highest BCUT2D eigenvalue weighted by Crippen LogP contribution is 2.34. The number of nitrogens with one attached hydrogen (secondary N) is 1. The zero-order chi connectivity index (χ0) is 18.8. The summed E-state index contributed by atoms with van der Waals surface area (Å²) in [4.78, 5) is 17.8. The molecule has 27 heavy (non-hydrogen) atoms. The number of hydrogen-bond acceptors (Lipinski definition) is 1. The zero-order valence-corrected chi connectivity index (χ0v) is 14.7. The number of carbonyl (C=O) groups excluding carboxylic acids is 1. The molecule has 0 fully saturated rings. The Hall–Kier alpha value is -3.08. The van der Waals surface area contributed by atoms with E-state index in [1.165, 1.54) is 24.3 Å². The third kappa shape index (κ3) is 3.58. The van der Waals surface area contributed by atoms with Crippen LogP contribution in [0.5, 0.6) is 0 Å². The zero-order valence-electron chi connectivity index (χ0n) is 14.7. The molecule has 1 unspecified atom stereocenters. The van der Waals surface area contributed by atoms with E-state index in [4.69, 9.17) is 0 Å². The van der Waals surface area contributed by atoms with Crippen molar-refractivity contribution < 1.29 is 18.6 Å². The predicted molar refractivity (Wildman–Crippen MR) is 100 cm³/mol. The number of carbonyl (C=O) groups is 1. The van der Waals surface area contributed by atoms with Crippen LogP contribution >= 0.6 is 0 Å². The first-order chi connectivity index (χ1) is 13.1. The van der Waals surface area contributed by atoms with Crippen molar-refractivity contribution in [2.45, 2.75) is 19.3 Å². The first kappa shape index (κ1) is 17.3. The van der Waals surface area contributed by atoms with Crippen LogP contribution in [0.3, 0.4) is 0 Å². The molecular formula is C22H19F2N2O+. The van der Waals surface area contributed by atoms with E-state index in [1.54, 1.807) is 29.2 Å². The number of hydrogen-bond donors (Lipinski definition) is 1. The van der Waals surface area contributed by atoms with E-state index >= 15 is 0 Å². The number of benzene rings is 2. The Morgan fingerprint density at radius 2 is 1.59 bits per heavy atom. The lowest BCUT2D eigenvalue weighted by atomic mass is 9.91. The van der Waals surface area contributed by atoms with E-state index in [-0.39, 0.29) is 23.5 Å². The Morgan fingerprint density at radius 1 is 0.926 bits per heavy atom. The van der Waals surface area contributed by atoms with Gasteiger partial charge >= 0.3 is 5.91 Å². The summed E-state index contributed by atoms with van der Waals surface area (Å²) in [5.41, 5.74) is 2.61. The Labute approximate surface area is 156 Å². The van der Waals surface area contributed by atoms with Gasteiger partial charge in [0.2, 0.25) is 5.69 Å². The van der Waals surface area contributed by atoms with Gasteiger partial charge in [-0.1, -0.05) is 12.2 Å². The van der Waals surface area contributed by atoms with Crippen LogP contribution in [0.15, 0.2) is 72.5 Å². The highest BCUT2D eigenvalue weighted by atomic mass is 19.1. The summed E-state index contributed by atoms with van der Waals surface area (Å²) in [6, 6.07) is 11.8. The molecule has 1 heterocycles. The summed E-state index contributed by atoms with van der Waals surface area (Å²) in [6.07, 6.45) is 8.93. The van der Waals surface area contributed by atoms with Gasteiger partial charge in [0, 0.05) is 35.5 Å². The first-order valence-electron chi connectivity index (χ1n) is 8.98. The molecule has 4 rings (SSSR count). The molecule has 0 radical (unpaired) electrons. The maximum absolute atomic E-state index is 13.3. The fourth-order valence-corrected chi connectivity index (χ4v) is 3.51. The molecule has 136 valence electrons. The number of nitrogens with zero attached hydrogens (tertiary/aromatic N) is 1. The van der Waals surface area contributed by atoms with Gasteiger partial charge in [-0.25, -0.2) is 13.8 Å². The third-order valence-electron chi connectivity index (χ3n) is 4.88. The van der Waals surface area contributed by atoms with Gasteiger partial charge in [0.05, 0.1) is 0 Å². The third-order valence-corrected chi connectivity index (χ3v) is 4.88. The topological polar surface area (TPSA) is 34.3 Å². The van der Waals surface area contributed by atoms with Crippen molar-refractivity contribution in [2.75, 3.05) is 4.90 Å². The number of amides is 1. The van der Waals surface area contributed by atoms with Crippen LogP contribution < -0.4 is 9.89 Å². The van der Waals surface area contributed by atoms with Crippen LogP contribution in [0.25, 0.3) is 0 Å². The van der Waals surface area contributed by atoms with Crippen LogP contribution in [-0.2, 0) is 4.79 Å². The van der Waals surface area contributed by atoms with Gasteiger partial charge < -0.3 is 0 Å². The summed E-state index contributed by atoms with van der Waals surface area (Å²) in [5, 5.41) is 0. The van der Waals surface area contributed by atoms with Crippen molar-refractivity contribution in [1.82, 2.24) is 0 Å². The maximum Gasteiger partial charge on any atom is 0.327 e. The highest BCUT2D eigenvalue weighted by molar-refractivity contribution is 6.49. The minimum atomic E-state index is -0.342. The molecule has 0 spiro atoms. The maximum atomic E-state index is 13.3. The molecule has 2 aliphatic rings. The molecule has 1 atom stereocenters. The minimum absolute atomic E-state index is 0.199. The quantitative estimate of drug-likeness (QED) is 0.831. The second-order valence-electron chi connectivity index (χ2n) is 6.71. The van der Waals surface area contributed by atoms with Crippen molar-refractivity contribution in [3.63, 3.8) is 0 Å². The van der Waals surface area contributed by atoms with Gasteiger partial charge in [-0.2, -0.15) is 0 Å². The van der Waals surface area contributed by atoms with Crippen LogP contribution in [0.1, 0.15) is 19.3 Å². The van der Waals surface area contributed by atoms with Crippen LogP contribution in [0.2, 0.25) is 0 Å². The number of rotatable bonds is 3. The van der Waals surface area contributed by atoms with Gasteiger partial charge in [-0.05, 0) is 55.7 Å². The van der Waals surface area contributed by atoms with Gasteiger partial charge in [0.1, 0.15) is 11.6 Å². The minimum Gasteiger partial charge on any atom is -0.275 e. The summed E-state index contributed by atoms with van der Waals surface area (Å²) < 4.78 is 26.5. The molecule has 1 amide bonds. The molecule has 0 bridgehead atoms. The van der Waals surface area contributed by atoms with Crippen molar-refractivity contribution in [3.05, 3.63) is 84.1 Å². The SMILES string of the molecule is O=C1C(=[NH+]c2ccc(F)cc2)C=C(C2CC=CCC2)N1c1ccc(F)cc1. The van der Waals surface area contributed by atoms with E-state index in [0.717, 1.165) is 25.0 Å². The largest absolute Gasteiger partial charge is 0.327 e. The van der Waals surface area contributed by atoms with Crippen molar-refractivity contribution >= 4 is 23.0 Å². The van der Waals surface area contributed by atoms with Crippen LogP contribution in [0.4, 0.5) is 20.2 Å². The molecule has 1 aliphatic heterocycles. The Kier molecular flexibility index (Phi) is 4.67. The average molecular weight is 365 g/mol. The molecule has 2 aromatic rings. The van der Waals surface area contributed by atoms with Crippen molar-refractivity contribution in [2.24, 2.45) is 5.92 Å². The first-order valence-corrected chi connectivity index (χ1v) is 8.98. The van der Waals surface area contributed by atoms with Gasteiger partial charge in [-0.15, -0.1) is 0 Å². The summed E-state index contributed by atoms with van der Waals surface area (Å²) in [7, 11) is 0. The van der Waals surface area contributed by atoms with Crippen molar-refractivity contribution in [1.29, 1.82) is 0 Å². The van der Waals surface area contributed by atoms with Gasteiger partial charge in [0.25, 0.3) is 5.71 Å². The lowest BCUT2D eigenvalue weighted by molar-refractivity contribution is -0.351. The fourth-order valence-electron chi connectivity index (χ4n) is 3.51. The molecule has 2 aromatic carbocycles. The summed E-state index contributed by atoms with van der Waals surface area (Å²) in [5.74, 6) is -0.654. The second-order valence-corrected chi connectivity index (χ2v) is 6.71. The normalized spacial score (nSPS) is 21.0. The van der Waals surface area contributed by atoms with E-state index < -0.39 is 0 Å². The van der Waals surface area contributed by atoms with E-state index in [9.17, 15) is 13.6 Å². The smallest absolute Gasteiger partial charge is 0.275 e. The Balaban J connectivity index is 1.74. The standard InChI is InChI=1S/C22H18F2N2O/c23-16-6-10-18(11-7-16)25-20-14-21(15-4-2-1-3-5-15)26(22(20)27)19-12-8-17(24)9-13-19/h1-2,6-15H,3-5H2/p+1. The van der Waals surface area contributed by atoms with Crippen LogP contribution in [0, 0.1) is 17.6 Å². The van der Waals surface area contributed by atoms with Gasteiger partial charge in [-0.3, -0.25) is 9.69 Å². The molecule has 0 aromatic heterocycles. The van der Waals surface area contributed by atoms with Crippen molar-refractivity contribution in [3.8, 4) is 0 Å². The molecule has 1 N–H and O–H groups in total. The second kappa shape index (κ2) is 7.27. The lowest BCUT2D eigenvalue weighted by Crippen LogP contribution is -2.68. The number of allylic oxidation sites excluding steroid dienone is 3. The molecular weight excluding hydrogens is 346 g/mol. The molecule has 3 nitrogen and oxygen atoms in total. The van der Waals surface area contributed by atoms with Crippen LogP contribution in [-0.4, -0.2) is 11.6 Å². The molecule has 0 saturated carbocycles. The van der Waals surface area contributed by atoms with Gasteiger partial charge in [0.15, 0.2) is 0 Å².